The van der Waals surface area contributed by atoms with E-state index in [1.54, 1.807) is 0 Å². The average molecular weight is 814 g/mol. The van der Waals surface area contributed by atoms with Crippen LogP contribution in [0, 0.1) is 25.7 Å². The molecule has 59 heavy (non-hydrogen) atoms. The standard InChI is InChI=1S/C50H75N3O6/c1-14-42(54)58-43-35(23-31(2)25-40(43)47(4,5)6)28-36-24-32(3)26-41(48(7,8)9)44(36)59-46(56)52-38-21-17-34(18-22-38)27-33-15-19-37(20-16-33)51-45(55)57-39-29-49(10,11)53-50(12,13)30-39/h14,23-26,33-34,37-39,53H,1,15-22,27-30H2,2-13H3,(H,51,55)(H,52,56). The minimum atomic E-state index is -0.508. The van der Waals surface area contributed by atoms with Gasteiger partial charge in [-0.15, -0.1) is 0 Å². The molecule has 0 spiro atoms. The molecule has 0 unspecified atom stereocenters. The molecule has 1 heterocycles. The highest BCUT2D eigenvalue weighted by Crippen LogP contribution is 2.42. The molecule has 1 aliphatic heterocycles. The largest absolute Gasteiger partial charge is 0.446 e. The van der Waals surface area contributed by atoms with Crippen LogP contribution < -0.4 is 25.4 Å². The van der Waals surface area contributed by atoms with Gasteiger partial charge in [0, 0.05) is 70.8 Å². The fourth-order valence-corrected chi connectivity index (χ4v) is 10.2. The predicted molar refractivity (Wildman–Crippen MR) is 238 cm³/mol. The monoisotopic (exact) mass is 814 g/mol. The highest BCUT2D eigenvalue weighted by atomic mass is 16.6. The molecule has 2 amide bonds. The summed E-state index contributed by atoms with van der Waals surface area (Å²) in [6.07, 6.45) is 11.9. The van der Waals surface area contributed by atoms with Gasteiger partial charge in [0.25, 0.3) is 0 Å². The van der Waals surface area contributed by atoms with Gasteiger partial charge in [-0.05, 0) is 122 Å². The second-order valence-corrected chi connectivity index (χ2v) is 21.6. The van der Waals surface area contributed by atoms with Gasteiger partial charge in [0.05, 0.1) is 0 Å². The number of ether oxygens (including phenoxy) is 3. The summed E-state index contributed by atoms with van der Waals surface area (Å²) in [6, 6.07) is 8.55. The number of carbonyl (C=O) groups excluding carboxylic acids is 3. The first-order valence-corrected chi connectivity index (χ1v) is 22.3. The number of amides is 2. The van der Waals surface area contributed by atoms with Gasteiger partial charge in [-0.3, -0.25) is 0 Å². The summed E-state index contributed by atoms with van der Waals surface area (Å²) in [5.41, 5.74) is 5.03. The Morgan fingerprint density at radius 2 is 1.12 bits per heavy atom. The fraction of sp³-hybridized carbons (Fsp3) is 0.660. The van der Waals surface area contributed by atoms with E-state index < -0.39 is 12.1 Å². The molecular weight excluding hydrogens is 739 g/mol. The predicted octanol–water partition coefficient (Wildman–Crippen LogP) is 11.2. The summed E-state index contributed by atoms with van der Waals surface area (Å²) in [5, 5.41) is 10.1. The van der Waals surface area contributed by atoms with E-state index in [0.29, 0.717) is 29.8 Å². The fourth-order valence-electron chi connectivity index (χ4n) is 10.2. The van der Waals surface area contributed by atoms with Gasteiger partial charge in [-0.25, -0.2) is 14.4 Å². The minimum absolute atomic E-state index is 0.0591. The summed E-state index contributed by atoms with van der Waals surface area (Å²) >= 11 is 0. The Kier molecular flexibility index (Phi) is 14.4. The smallest absolute Gasteiger partial charge is 0.412 e. The first-order valence-electron chi connectivity index (χ1n) is 22.3. The molecule has 5 rings (SSSR count). The van der Waals surface area contributed by atoms with E-state index in [2.05, 4.69) is 130 Å². The molecule has 0 atom stereocenters. The van der Waals surface area contributed by atoms with Crippen molar-refractivity contribution in [3.8, 4) is 11.5 Å². The molecule has 3 fully saturated rings. The van der Waals surface area contributed by atoms with E-state index >= 15 is 0 Å². The molecule has 0 bridgehead atoms. The number of esters is 1. The Hall–Kier alpha value is -3.85. The van der Waals surface area contributed by atoms with Crippen molar-refractivity contribution in [2.75, 3.05) is 0 Å². The molecule has 0 aromatic heterocycles. The number of nitrogens with one attached hydrogen (secondary N) is 3. The van der Waals surface area contributed by atoms with Crippen LogP contribution in [0.4, 0.5) is 9.59 Å². The van der Waals surface area contributed by atoms with Gasteiger partial charge < -0.3 is 30.2 Å². The molecule has 3 aliphatic rings. The number of piperidine rings is 1. The Morgan fingerprint density at radius 3 is 1.54 bits per heavy atom. The zero-order chi connectivity index (χ0) is 43.5. The Bertz CT molecular complexity index is 1820. The van der Waals surface area contributed by atoms with Gasteiger partial charge in [0.15, 0.2) is 0 Å². The number of benzene rings is 2. The number of aryl methyl sites for hydroxylation is 2. The van der Waals surface area contributed by atoms with Crippen molar-refractivity contribution in [1.29, 1.82) is 0 Å². The van der Waals surface area contributed by atoms with Crippen molar-refractivity contribution in [1.82, 2.24) is 16.0 Å². The molecule has 3 N–H and O–H groups in total. The quantitative estimate of drug-likeness (QED) is 0.124. The summed E-state index contributed by atoms with van der Waals surface area (Å²) in [6.45, 7) is 29.1. The normalized spacial score (nSPS) is 23.5. The number of rotatable bonds is 10. The molecule has 0 radical (unpaired) electrons. The van der Waals surface area contributed by atoms with Gasteiger partial charge >= 0.3 is 18.2 Å². The van der Waals surface area contributed by atoms with E-state index in [9.17, 15) is 14.4 Å². The lowest BCUT2D eigenvalue weighted by molar-refractivity contribution is -0.129. The van der Waals surface area contributed by atoms with Crippen molar-refractivity contribution in [2.45, 2.75) is 200 Å². The SMILES string of the molecule is C=CC(=O)Oc1c(Cc2cc(C)cc(C(C)(C)C)c2OC(=O)NC2CCC(CC3CCC(NC(=O)OC4CC(C)(C)NC(C)(C)C4)CC3)CC2)cc(C)cc1C(C)(C)C. The van der Waals surface area contributed by atoms with Crippen LogP contribution in [0.3, 0.4) is 0 Å². The lowest BCUT2D eigenvalue weighted by Gasteiger charge is -2.46. The van der Waals surface area contributed by atoms with Crippen LogP contribution in [0.25, 0.3) is 0 Å². The zero-order valence-electron chi connectivity index (χ0n) is 38.4. The number of hydrogen-bond acceptors (Lipinski definition) is 7. The second kappa shape index (κ2) is 18.4. The van der Waals surface area contributed by atoms with Crippen LogP contribution in [0.1, 0.15) is 173 Å². The topological polar surface area (TPSA) is 115 Å². The van der Waals surface area contributed by atoms with Crippen LogP contribution in [0.2, 0.25) is 0 Å². The highest BCUT2D eigenvalue weighted by Gasteiger charge is 2.40. The molecular formula is C50H75N3O6. The van der Waals surface area contributed by atoms with E-state index in [-0.39, 0.29) is 46.2 Å². The van der Waals surface area contributed by atoms with Crippen molar-refractivity contribution in [2.24, 2.45) is 11.8 Å². The molecule has 9 nitrogen and oxygen atoms in total. The molecule has 326 valence electrons. The van der Waals surface area contributed by atoms with Crippen LogP contribution in [0.15, 0.2) is 36.9 Å². The molecule has 2 saturated carbocycles. The summed E-state index contributed by atoms with van der Waals surface area (Å²) in [5.74, 6) is 1.89. The minimum Gasteiger partial charge on any atom is -0.446 e. The van der Waals surface area contributed by atoms with Gasteiger partial charge in [-0.1, -0.05) is 83.5 Å². The summed E-state index contributed by atoms with van der Waals surface area (Å²) in [7, 11) is 0. The van der Waals surface area contributed by atoms with E-state index in [4.69, 9.17) is 14.2 Å². The molecule has 2 aromatic carbocycles. The average Bonchev–Trinajstić information content (AvgIpc) is 3.09. The van der Waals surface area contributed by atoms with Crippen LogP contribution in [0.5, 0.6) is 11.5 Å². The maximum atomic E-state index is 13.8. The molecule has 2 aromatic rings. The Morgan fingerprint density at radius 1 is 0.695 bits per heavy atom. The highest BCUT2D eigenvalue weighted by molar-refractivity contribution is 5.84. The van der Waals surface area contributed by atoms with Crippen molar-refractivity contribution >= 4 is 18.2 Å². The lowest BCUT2D eigenvalue weighted by Crippen LogP contribution is -2.60. The molecule has 2 aliphatic carbocycles. The molecule has 9 heteroatoms. The summed E-state index contributed by atoms with van der Waals surface area (Å²) in [4.78, 5) is 39.2. The number of carbonyl (C=O) groups is 3. The number of hydrogen-bond donors (Lipinski definition) is 3. The lowest BCUT2D eigenvalue weighted by atomic mass is 9.76. The van der Waals surface area contributed by atoms with E-state index in [1.165, 1.54) is 12.5 Å². The van der Waals surface area contributed by atoms with Gasteiger partial charge in [0.1, 0.15) is 17.6 Å². The maximum Gasteiger partial charge on any atom is 0.412 e. The summed E-state index contributed by atoms with van der Waals surface area (Å²) < 4.78 is 18.2. The van der Waals surface area contributed by atoms with Crippen molar-refractivity contribution < 1.29 is 28.6 Å². The van der Waals surface area contributed by atoms with Gasteiger partial charge in [0.2, 0.25) is 0 Å². The second-order valence-electron chi connectivity index (χ2n) is 21.6. The molecule has 1 saturated heterocycles. The third-order valence-electron chi connectivity index (χ3n) is 12.6. The first-order chi connectivity index (χ1) is 27.4. The van der Waals surface area contributed by atoms with E-state index in [1.807, 2.05) is 0 Å². The van der Waals surface area contributed by atoms with Crippen molar-refractivity contribution in [3.05, 3.63) is 70.3 Å². The van der Waals surface area contributed by atoms with E-state index in [0.717, 1.165) is 97.6 Å². The third-order valence-corrected chi connectivity index (χ3v) is 12.6. The third kappa shape index (κ3) is 13.1. The zero-order valence-corrected chi connectivity index (χ0v) is 38.4. The first kappa shape index (κ1) is 46.2. The van der Waals surface area contributed by atoms with Gasteiger partial charge in [-0.2, -0.15) is 0 Å². The number of alkyl carbamates (subject to hydrolysis) is 1. The maximum absolute atomic E-state index is 13.8. The Labute approximate surface area is 355 Å². The van der Waals surface area contributed by atoms with Crippen LogP contribution in [-0.4, -0.2) is 47.4 Å². The Balaban J connectivity index is 1.16. The van der Waals surface area contributed by atoms with Crippen LogP contribution in [-0.2, 0) is 26.8 Å². The van der Waals surface area contributed by atoms with Crippen LogP contribution >= 0.6 is 0 Å². The van der Waals surface area contributed by atoms with Crippen molar-refractivity contribution in [3.63, 3.8) is 0 Å².